The highest BCUT2D eigenvalue weighted by molar-refractivity contribution is 7.71. The van der Waals surface area contributed by atoms with Gasteiger partial charge in [0.15, 0.2) is 4.77 Å². The van der Waals surface area contributed by atoms with E-state index in [9.17, 15) is 0 Å². The zero-order valence-electron chi connectivity index (χ0n) is 9.46. The van der Waals surface area contributed by atoms with Crippen LogP contribution < -0.4 is 0 Å². The van der Waals surface area contributed by atoms with Crippen molar-refractivity contribution in [3.63, 3.8) is 0 Å². The van der Waals surface area contributed by atoms with Gasteiger partial charge in [-0.25, -0.2) is 0 Å². The van der Waals surface area contributed by atoms with E-state index in [1.54, 1.807) is 0 Å². The second kappa shape index (κ2) is 4.60. The van der Waals surface area contributed by atoms with Gasteiger partial charge in [-0.3, -0.25) is 0 Å². The molecule has 2 nitrogen and oxygen atoms in total. The number of H-pyrrole nitrogens is 1. The zero-order chi connectivity index (χ0) is 11.7. The van der Waals surface area contributed by atoms with Gasteiger partial charge in [0, 0.05) is 11.6 Å². The maximum atomic E-state index is 5.95. The first-order chi connectivity index (χ1) is 7.61. The number of hydrogen-bond donors (Lipinski definition) is 1. The molecular weight excluding hydrogens is 240 g/mol. The summed E-state index contributed by atoms with van der Waals surface area (Å²) < 4.78 is 2.92. The van der Waals surface area contributed by atoms with Crippen LogP contribution in [0.3, 0.4) is 0 Å². The molecule has 0 fully saturated rings. The van der Waals surface area contributed by atoms with Crippen LogP contribution in [0.2, 0.25) is 5.02 Å². The van der Waals surface area contributed by atoms with Gasteiger partial charge < -0.3 is 9.55 Å². The van der Waals surface area contributed by atoms with Gasteiger partial charge in [0.25, 0.3) is 0 Å². The van der Waals surface area contributed by atoms with Gasteiger partial charge in [0.2, 0.25) is 0 Å². The molecule has 1 aromatic heterocycles. The topological polar surface area (TPSA) is 20.7 Å². The van der Waals surface area contributed by atoms with Crippen LogP contribution in [-0.2, 0) is 6.54 Å². The molecule has 1 aromatic carbocycles. The van der Waals surface area contributed by atoms with Gasteiger partial charge in [-0.1, -0.05) is 31.9 Å². The van der Waals surface area contributed by atoms with E-state index in [2.05, 4.69) is 23.4 Å². The quantitative estimate of drug-likeness (QED) is 0.806. The van der Waals surface area contributed by atoms with Crippen LogP contribution in [-0.4, -0.2) is 9.55 Å². The molecule has 0 spiro atoms. The number of fused-ring (bicyclic) bond motifs is 1. The Morgan fingerprint density at radius 2 is 2.25 bits per heavy atom. The highest BCUT2D eigenvalue weighted by Gasteiger charge is 2.07. The van der Waals surface area contributed by atoms with Crippen molar-refractivity contribution in [2.24, 2.45) is 5.92 Å². The minimum absolute atomic E-state index is 0.626. The fourth-order valence-electron chi connectivity index (χ4n) is 1.76. The molecule has 0 saturated heterocycles. The Kier molecular flexibility index (Phi) is 3.36. The minimum Gasteiger partial charge on any atom is -0.331 e. The second-order valence-electron chi connectivity index (χ2n) is 4.22. The number of imidazole rings is 1. The molecule has 0 aliphatic heterocycles. The normalized spacial score (nSPS) is 13.2. The summed E-state index contributed by atoms with van der Waals surface area (Å²) in [5, 5.41) is 0.736. The maximum Gasteiger partial charge on any atom is 0.178 e. The van der Waals surface area contributed by atoms with Gasteiger partial charge in [-0.15, -0.1) is 0 Å². The first-order valence-corrected chi connectivity index (χ1v) is 6.28. The molecule has 86 valence electrons. The number of aromatic nitrogens is 2. The Balaban J connectivity index is 2.52. The largest absolute Gasteiger partial charge is 0.331 e. The van der Waals surface area contributed by atoms with Crippen molar-refractivity contribution in [1.29, 1.82) is 0 Å². The van der Waals surface area contributed by atoms with Crippen LogP contribution in [0.15, 0.2) is 18.2 Å². The SMILES string of the molecule is CCC(C)Cn1c(=S)[nH]c2cc(Cl)ccc21. The summed E-state index contributed by atoms with van der Waals surface area (Å²) in [5.74, 6) is 0.626. The van der Waals surface area contributed by atoms with Crippen molar-refractivity contribution >= 4 is 34.9 Å². The van der Waals surface area contributed by atoms with Gasteiger partial charge in [0.05, 0.1) is 11.0 Å². The van der Waals surface area contributed by atoms with E-state index in [0.717, 1.165) is 33.8 Å². The van der Waals surface area contributed by atoms with Crippen molar-refractivity contribution in [1.82, 2.24) is 9.55 Å². The van der Waals surface area contributed by atoms with E-state index in [1.807, 2.05) is 18.2 Å². The Labute approximate surface area is 105 Å². The zero-order valence-corrected chi connectivity index (χ0v) is 11.0. The number of nitrogens with zero attached hydrogens (tertiary/aromatic N) is 1. The Hall–Kier alpha value is -0.800. The molecular formula is C12H15ClN2S. The lowest BCUT2D eigenvalue weighted by molar-refractivity contribution is 0.473. The van der Waals surface area contributed by atoms with Crippen LogP contribution in [0.4, 0.5) is 0 Å². The number of aromatic amines is 1. The molecule has 0 saturated carbocycles. The molecule has 0 aliphatic rings. The van der Waals surface area contributed by atoms with E-state index in [0.29, 0.717) is 5.92 Å². The number of halogens is 1. The van der Waals surface area contributed by atoms with Crippen molar-refractivity contribution in [3.8, 4) is 0 Å². The first-order valence-electron chi connectivity index (χ1n) is 5.50. The number of benzene rings is 1. The van der Waals surface area contributed by atoms with Crippen molar-refractivity contribution in [3.05, 3.63) is 28.0 Å². The molecule has 0 bridgehead atoms. The summed E-state index contributed by atoms with van der Waals surface area (Å²) >= 11 is 11.3. The minimum atomic E-state index is 0.626. The lowest BCUT2D eigenvalue weighted by Crippen LogP contribution is -2.06. The fraction of sp³-hybridized carbons (Fsp3) is 0.417. The molecule has 1 N–H and O–H groups in total. The summed E-state index contributed by atoms with van der Waals surface area (Å²) in [5.41, 5.74) is 2.15. The summed E-state index contributed by atoms with van der Waals surface area (Å²) in [6, 6.07) is 5.84. The molecule has 4 heteroatoms. The number of hydrogen-bond acceptors (Lipinski definition) is 1. The molecule has 16 heavy (non-hydrogen) atoms. The third kappa shape index (κ3) is 2.15. The predicted octanol–water partition coefficient (Wildman–Crippen LogP) is 4.40. The standard InChI is InChI=1S/C12H15ClN2S/c1-3-8(2)7-15-11-5-4-9(13)6-10(11)14-12(15)16/h4-6,8H,3,7H2,1-2H3,(H,14,16). The van der Waals surface area contributed by atoms with Gasteiger partial charge >= 0.3 is 0 Å². The molecule has 1 unspecified atom stereocenters. The smallest absolute Gasteiger partial charge is 0.178 e. The summed E-state index contributed by atoms with van der Waals surface area (Å²) in [7, 11) is 0. The highest BCUT2D eigenvalue weighted by Crippen LogP contribution is 2.20. The van der Waals surface area contributed by atoms with E-state index in [4.69, 9.17) is 23.8 Å². The van der Waals surface area contributed by atoms with Crippen molar-refractivity contribution < 1.29 is 0 Å². The highest BCUT2D eigenvalue weighted by atomic mass is 35.5. The van der Waals surface area contributed by atoms with Crippen molar-refractivity contribution in [2.75, 3.05) is 0 Å². The van der Waals surface area contributed by atoms with Crippen LogP contribution in [0.1, 0.15) is 20.3 Å². The van der Waals surface area contributed by atoms with E-state index >= 15 is 0 Å². The number of nitrogens with one attached hydrogen (secondary N) is 1. The van der Waals surface area contributed by atoms with E-state index < -0.39 is 0 Å². The Morgan fingerprint density at radius 1 is 1.50 bits per heavy atom. The lowest BCUT2D eigenvalue weighted by atomic mass is 10.1. The summed E-state index contributed by atoms with van der Waals surface area (Å²) in [6.45, 7) is 5.38. The van der Waals surface area contributed by atoms with E-state index in [-0.39, 0.29) is 0 Å². The monoisotopic (exact) mass is 254 g/mol. The van der Waals surface area contributed by atoms with Crippen LogP contribution >= 0.6 is 23.8 Å². The molecule has 0 aliphatic carbocycles. The maximum absolute atomic E-state index is 5.95. The second-order valence-corrected chi connectivity index (χ2v) is 5.04. The van der Waals surface area contributed by atoms with E-state index in [1.165, 1.54) is 0 Å². The van der Waals surface area contributed by atoms with Crippen LogP contribution in [0, 0.1) is 10.7 Å². The Bertz CT molecular complexity index is 556. The average molecular weight is 255 g/mol. The Morgan fingerprint density at radius 3 is 2.94 bits per heavy atom. The van der Waals surface area contributed by atoms with Gasteiger partial charge in [-0.05, 0) is 36.3 Å². The lowest BCUT2D eigenvalue weighted by Gasteiger charge is -2.10. The fourth-order valence-corrected chi connectivity index (χ4v) is 2.21. The van der Waals surface area contributed by atoms with Gasteiger partial charge in [0.1, 0.15) is 0 Å². The summed E-state index contributed by atoms with van der Waals surface area (Å²) in [6.07, 6.45) is 1.15. The third-order valence-electron chi connectivity index (χ3n) is 2.93. The average Bonchev–Trinajstić information content (AvgIpc) is 2.54. The summed E-state index contributed by atoms with van der Waals surface area (Å²) in [4.78, 5) is 3.19. The van der Waals surface area contributed by atoms with Crippen molar-refractivity contribution in [2.45, 2.75) is 26.8 Å². The number of rotatable bonds is 3. The van der Waals surface area contributed by atoms with Gasteiger partial charge in [-0.2, -0.15) is 0 Å². The molecule has 1 heterocycles. The molecule has 0 amide bonds. The third-order valence-corrected chi connectivity index (χ3v) is 3.48. The molecule has 2 rings (SSSR count). The molecule has 2 aromatic rings. The first kappa shape index (κ1) is 11.7. The molecule has 1 atom stereocenters. The predicted molar refractivity (Wildman–Crippen MR) is 71.6 cm³/mol. The molecule has 0 radical (unpaired) electrons. The van der Waals surface area contributed by atoms with Crippen LogP contribution in [0.5, 0.6) is 0 Å². The van der Waals surface area contributed by atoms with Crippen LogP contribution in [0.25, 0.3) is 11.0 Å².